The number of aryl methyl sites for hydroxylation is 1. The van der Waals surface area contributed by atoms with Crippen LogP contribution in [-0.2, 0) is 0 Å². The van der Waals surface area contributed by atoms with E-state index in [2.05, 4.69) is 4.99 Å². The van der Waals surface area contributed by atoms with Gasteiger partial charge in [0.25, 0.3) is 5.92 Å². The summed E-state index contributed by atoms with van der Waals surface area (Å²) in [6.45, 7) is 2.77. The second-order valence-electron chi connectivity index (χ2n) is 6.77. The van der Waals surface area contributed by atoms with Crippen molar-refractivity contribution in [2.75, 3.05) is 20.1 Å². The van der Waals surface area contributed by atoms with Gasteiger partial charge in [0.15, 0.2) is 0 Å². The molecule has 3 rings (SSSR count). The van der Waals surface area contributed by atoms with Gasteiger partial charge in [-0.1, -0.05) is 0 Å². The Morgan fingerprint density at radius 2 is 2.04 bits per heavy atom. The van der Waals surface area contributed by atoms with E-state index in [1.54, 1.807) is 25.1 Å². The first-order valence-electron chi connectivity index (χ1n) is 7.57. The maximum Gasteiger partial charge on any atom is 0.252 e. The van der Waals surface area contributed by atoms with Crippen LogP contribution in [0.25, 0.3) is 5.70 Å². The number of nitrogens with zero attached hydrogens (tertiary/aromatic N) is 2. The third-order valence-corrected chi connectivity index (χ3v) is 4.37. The van der Waals surface area contributed by atoms with Gasteiger partial charge in [-0.25, -0.2) is 13.2 Å². The average Bonchev–Trinajstić information content (AvgIpc) is 2.38. The second-order valence-corrected chi connectivity index (χ2v) is 6.77. The number of nitrogens with two attached hydrogens (primary N) is 1. The van der Waals surface area contributed by atoms with E-state index in [1.807, 2.05) is 11.9 Å². The summed E-state index contributed by atoms with van der Waals surface area (Å²) in [6, 6.07) is 4.64. The summed E-state index contributed by atoms with van der Waals surface area (Å²) >= 11 is 0. The number of alkyl halides is 2. The van der Waals surface area contributed by atoms with Gasteiger partial charge in [0.05, 0.1) is 11.3 Å². The largest absolute Gasteiger partial charge is 0.398 e. The van der Waals surface area contributed by atoms with Gasteiger partial charge in [0, 0.05) is 31.6 Å². The van der Waals surface area contributed by atoms with Crippen molar-refractivity contribution in [3.63, 3.8) is 0 Å². The quantitative estimate of drug-likeness (QED) is 0.909. The van der Waals surface area contributed by atoms with Crippen LogP contribution in [0.4, 0.5) is 13.2 Å². The maximum atomic E-state index is 13.3. The molecule has 1 aromatic rings. The number of hydrogen-bond acceptors (Lipinski definition) is 3. The maximum absolute atomic E-state index is 13.3. The Morgan fingerprint density at radius 3 is 2.65 bits per heavy atom. The predicted octanol–water partition coefficient (Wildman–Crippen LogP) is 2.99. The van der Waals surface area contributed by atoms with Gasteiger partial charge in [-0.05, 0) is 49.4 Å². The van der Waals surface area contributed by atoms with Crippen molar-refractivity contribution >= 4 is 11.4 Å². The molecule has 0 atom stereocenters. The minimum atomic E-state index is -2.61. The van der Waals surface area contributed by atoms with Gasteiger partial charge < -0.3 is 5.73 Å². The van der Waals surface area contributed by atoms with E-state index >= 15 is 0 Å². The molecule has 124 valence electrons. The average molecular weight is 323 g/mol. The Kier molecular flexibility index (Phi) is 3.75. The van der Waals surface area contributed by atoms with E-state index in [9.17, 15) is 13.2 Å². The van der Waals surface area contributed by atoms with Crippen molar-refractivity contribution in [2.24, 2.45) is 10.7 Å². The molecular formula is C17H20F3N3. The predicted molar refractivity (Wildman–Crippen MR) is 85.1 cm³/mol. The minimum Gasteiger partial charge on any atom is -0.398 e. The van der Waals surface area contributed by atoms with Crippen LogP contribution >= 0.6 is 0 Å². The zero-order valence-corrected chi connectivity index (χ0v) is 13.2. The van der Waals surface area contributed by atoms with E-state index in [0.717, 1.165) is 0 Å². The lowest BCUT2D eigenvalue weighted by atomic mass is 9.72. The Bertz CT molecular complexity index is 686. The number of hydrogen-bond donors (Lipinski definition) is 1. The molecule has 1 saturated carbocycles. The van der Waals surface area contributed by atoms with E-state index in [4.69, 9.17) is 5.73 Å². The fourth-order valence-electron chi connectivity index (χ4n) is 3.48. The molecule has 6 heteroatoms. The Hall–Kier alpha value is -1.82. The normalized spacial score (nSPS) is 23.5. The summed E-state index contributed by atoms with van der Waals surface area (Å²) in [5, 5.41) is 0. The molecule has 3 nitrogen and oxygen atoms in total. The van der Waals surface area contributed by atoms with Gasteiger partial charge >= 0.3 is 0 Å². The molecule has 23 heavy (non-hydrogen) atoms. The first-order chi connectivity index (χ1) is 10.7. The first-order valence-corrected chi connectivity index (χ1v) is 7.57. The molecule has 0 amide bonds. The molecule has 1 aromatic carbocycles. The Labute approximate surface area is 133 Å². The summed E-state index contributed by atoms with van der Waals surface area (Å²) < 4.78 is 39.9. The fraction of sp³-hybridized carbons (Fsp3) is 0.471. The van der Waals surface area contributed by atoms with Crippen molar-refractivity contribution in [1.82, 2.24) is 4.90 Å². The third-order valence-electron chi connectivity index (χ3n) is 4.37. The smallest absolute Gasteiger partial charge is 0.252 e. The summed E-state index contributed by atoms with van der Waals surface area (Å²) in [4.78, 5) is 6.52. The van der Waals surface area contributed by atoms with Crippen molar-refractivity contribution < 1.29 is 13.2 Å². The van der Waals surface area contributed by atoms with Crippen molar-refractivity contribution in [3.05, 3.63) is 41.2 Å². The SMILES string of the molecule is Cc1cc(C(N)=CC2=NC3(CN(C)C2)CC(F)(F)C3)ccc1F. The topological polar surface area (TPSA) is 41.6 Å². The highest BCUT2D eigenvalue weighted by Crippen LogP contribution is 2.49. The highest BCUT2D eigenvalue weighted by molar-refractivity contribution is 6.02. The molecule has 0 saturated heterocycles. The molecule has 1 aliphatic carbocycles. The molecule has 0 bridgehead atoms. The van der Waals surface area contributed by atoms with Crippen molar-refractivity contribution in [1.29, 1.82) is 0 Å². The van der Waals surface area contributed by atoms with E-state index in [1.165, 1.54) is 6.07 Å². The highest BCUT2D eigenvalue weighted by Gasteiger charge is 2.57. The molecule has 1 heterocycles. The molecule has 2 aliphatic rings. The Balaban J connectivity index is 1.86. The van der Waals surface area contributed by atoms with Crippen molar-refractivity contribution in [3.8, 4) is 0 Å². The molecule has 1 aliphatic heterocycles. The molecule has 1 spiro atoms. The van der Waals surface area contributed by atoms with Gasteiger partial charge in [-0.3, -0.25) is 9.89 Å². The number of aliphatic imine (C=N–C) groups is 1. The molecule has 0 unspecified atom stereocenters. The van der Waals surface area contributed by atoms with E-state index in [-0.39, 0.29) is 18.7 Å². The summed E-state index contributed by atoms with van der Waals surface area (Å²) in [5.41, 5.74) is 7.75. The number of rotatable bonds is 2. The van der Waals surface area contributed by atoms with Crippen LogP contribution in [0.3, 0.4) is 0 Å². The van der Waals surface area contributed by atoms with Crippen molar-refractivity contribution in [2.45, 2.75) is 31.2 Å². The van der Waals surface area contributed by atoms with E-state index in [0.29, 0.717) is 35.6 Å². The van der Waals surface area contributed by atoms with Crippen LogP contribution in [-0.4, -0.2) is 42.2 Å². The lowest BCUT2D eigenvalue weighted by Crippen LogP contribution is -2.59. The second kappa shape index (κ2) is 5.37. The van der Waals surface area contributed by atoms with Crippen LogP contribution in [0, 0.1) is 12.7 Å². The van der Waals surface area contributed by atoms with Gasteiger partial charge in [0.1, 0.15) is 5.82 Å². The standard InChI is InChI=1S/C17H20F3N3/c1-11-5-12(3-4-14(11)18)15(21)6-13-7-23(2)10-16(22-13)8-17(19,20)9-16/h3-6H,7-10,21H2,1-2H3. The lowest BCUT2D eigenvalue weighted by molar-refractivity contribution is -0.127. The minimum absolute atomic E-state index is 0.211. The zero-order valence-electron chi connectivity index (χ0n) is 13.2. The highest BCUT2D eigenvalue weighted by atomic mass is 19.3. The first kappa shape index (κ1) is 16.1. The van der Waals surface area contributed by atoms with Crippen LogP contribution in [0.5, 0.6) is 0 Å². The molecule has 2 N–H and O–H groups in total. The summed E-state index contributed by atoms with van der Waals surface area (Å²) in [5.74, 6) is -2.90. The van der Waals surface area contributed by atoms with Crippen LogP contribution in [0.1, 0.15) is 24.0 Å². The van der Waals surface area contributed by atoms with Gasteiger partial charge in [0.2, 0.25) is 0 Å². The third kappa shape index (κ3) is 3.27. The van der Waals surface area contributed by atoms with E-state index < -0.39 is 11.5 Å². The van der Waals surface area contributed by atoms with Gasteiger partial charge in [-0.15, -0.1) is 0 Å². The van der Waals surface area contributed by atoms with Crippen LogP contribution in [0.2, 0.25) is 0 Å². The van der Waals surface area contributed by atoms with Crippen LogP contribution < -0.4 is 5.73 Å². The Morgan fingerprint density at radius 1 is 1.35 bits per heavy atom. The lowest BCUT2D eigenvalue weighted by Gasteiger charge is -2.48. The number of benzene rings is 1. The fourth-order valence-corrected chi connectivity index (χ4v) is 3.48. The molecule has 0 aromatic heterocycles. The summed E-state index contributed by atoms with van der Waals surface area (Å²) in [6.07, 6.45) is 1.29. The monoisotopic (exact) mass is 323 g/mol. The number of halogens is 3. The molecule has 1 fully saturated rings. The molecular weight excluding hydrogens is 303 g/mol. The summed E-state index contributed by atoms with van der Waals surface area (Å²) in [7, 11) is 1.89. The zero-order chi connectivity index (χ0) is 16.8. The van der Waals surface area contributed by atoms with Gasteiger partial charge in [-0.2, -0.15) is 0 Å². The van der Waals surface area contributed by atoms with Crippen LogP contribution in [0.15, 0.2) is 29.3 Å². The number of likely N-dealkylation sites (N-methyl/N-ethyl adjacent to an activating group) is 1. The molecule has 0 radical (unpaired) electrons.